The van der Waals surface area contributed by atoms with E-state index in [2.05, 4.69) is 75.7 Å². The highest BCUT2D eigenvalue weighted by atomic mass is 35.5. The molecule has 0 aliphatic rings. The SMILES string of the molecule is Nc1c(N=Nc2cc(Nc3nc(Cl)nc(Nc4cccc(S(=O)(=O)O)c4)n3)ccc2S(=O)(=O)O)cc(S(=O)(=O)O)c(N)c1N=Nc1cc(Nc2nc(Cl)nc(-[n+]3cccc(C(=O)O)c3)n2)ccc1SOOO. The zero-order valence-electron chi connectivity index (χ0n) is 35.0. The van der Waals surface area contributed by atoms with Crippen LogP contribution in [0.5, 0.6) is 0 Å². The molecule has 72 heavy (non-hydrogen) atoms. The number of aromatic nitrogens is 7. The summed E-state index contributed by atoms with van der Waals surface area (Å²) >= 11 is 12.7. The van der Waals surface area contributed by atoms with E-state index in [-0.39, 0.29) is 67.6 Å². The maximum absolute atomic E-state index is 12.6. The fourth-order valence-electron chi connectivity index (χ4n) is 5.79. The number of nitrogens with zero attached hydrogens (tertiary/aromatic N) is 11. The topological polar surface area (TPSA) is 458 Å². The number of pyridine rings is 1. The molecule has 30 nitrogen and oxygen atoms in total. The van der Waals surface area contributed by atoms with Crippen LogP contribution in [0.15, 0.2) is 131 Å². The van der Waals surface area contributed by atoms with Gasteiger partial charge in [0.1, 0.15) is 32.5 Å². The summed E-state index contributed by atoms with van der Waals surface area (Å²) in [5.41, 5.74) is 9.37. The lowest BCUT2D eigenvalue weighted by Gasteiger charge is -2.12. The molecule has 0 spiro atoms. The van der Waals surface area contributed by atoms with E-state index in [1.165, 1.54) is 59.4 Å². The zero-order valence-corrected chi connectivity index (χ0v) is 39.8. The highest BCUT2D eigenvalue weighted by Gasteiger charge is 2.25. The van der Waals surface area contributed by atoms with Crippen LogP contribution in [0.25, 0.3) is 5.95 Å². The van der Waals surface area contributed by atoms with Gasteiger partial charge in [-0.25, -0.2) is 14.6 Å². The summed E-state index contributed by atoms with van der Waals surface area (Å²) in [6, 6.07) is 15.6. The Kier molecular flexibility index (Phi) is 15.4. The third kappa shape index (κ3) is 13.0. The van der Waals surface area contributed by atoms with Crippen LogP contribution in [0.3, 0.4) is 0 Å². The van der Waals surface area contributed by atoms with Gasteiger partial charge in [0.15, 0.2) is 0 Å². The molecule has 0 saturated carbocycles. The van der Waals surface area contributed by atoms with E-state index in [4.69, 9.17) is 39.9 Å². The first-order valence-corrected chi connectivity index (χ1v) is 24.7. The molecule has 3 aromatic heterocycles. The second-order valence-electron chi connectivity index (χ2n) is 13.7. The lowest BCUT2D eigenvalue weighted by atomic mass is 10.2. The number of benzene rings is 4. The van der Waals surface area contributed by atoms with E-state index in [1.807, 2.05) is 0 Å². The number of aromatic carboxylic acids is 1. The quantitative estimate of drug-likeness (QED) is 0.00809. The van der Waals surface area contributed by atoms with Crippen molar-refractivity contribution in [2.75, 3.05) is 27.4 Å². The van der Waals surface area contributed by atoms with Crippen molar-refractivity contribution in [2.45, 2.75) is 19.6 Å². The molecule has 0 fully saturated rings. The maximum atomic E-state index is 12.6. The van der Waals surface area contributed by atoms with Crippen molar-refractivity contribution >= 4 is 141 Å². The summed E-state index contributed by atoms with van der Waals surface area (Å²) in [6.07, 6.45) is 2.69. The molecule has 7 aromatic rings. The highest BCUT2D eigenvalue weighted by Crippen LogP contribution is 2.44. The first-order valence-electron chi connectivity index (χ1n) is 18.8. The minimum absolute atomic E-state index is 0.0271. The van der Waals surface area contributed by atoms with Crippen LogP contribution < -0.4 is 32.0 Å². The molecule has 4 aromatic carbocycles. The molecule has 0 unspecified atom stereocenters. The first-order chi connectivity index (χ1) is 33.9. The zero-order chi connectivity index (χ0) is 52.1. The minimum Gasteiger partial charge on any atom is -0.478 e. The second kappa shape index (κ2) is 21.3. The van der Waals surface area contributed by atoms with Crippen molar-refractivity contribution < 1.29 is 68.0 Å². The number of carboxylic acids is 1. The predicted molar refractivity (Wildman–Crippen MR) is 251 cm³/mol. The Morgan fingerprint density at radius 2 is 1.22 bits per heavy atom. The van der Waals surface area contributed by atoms with Gasteiger partial charge in [0.25, 0.3) is 30.4 Å². The molecule has 0 atom stereocenters. The number of hydrogen-bond donors (Lipinski definition) is 10. The number of rotatable bonds is 18. The molecule has 0 saturated heterocycles. The molecule has 36 heteroatoms. The van der Waals surface area contributed by atoms with Gasteiger partial charge in [-0.05, 0) is 106 Å². The van der Waals surface area contributed by atoms with Crippen LogP contribution in [0.2, 0.25) is 10.6 Å². The Labute approximate surface area is 417 Å². The van der Waals surface area contributed by atoms with Crippen molar-refractivity contribution in [1.29, 1.82) is 0 Å². The number of carboxylic acid groups (broad SMARTS) is 1. The van der Waals surface area contributed by atoms with Crippen molar-refractivity contribution in [2.24, 2.45) is 20.5 Å². The van der Waals surface area contributed by atoms with E-state index >= 15 is 0 Å². The number of hydrogen-bond acceptors (Lipinski definition) is 26. The fourth-order valence-corrected chi connectivity index (χ4v) is 8.28. The monoisotopic (exact) mass is 1110 g/mol. The Morgan fingerprint density at radius 1 is 0.639 bits per heavy atom. The number of nitrogens with two attached hydrogens (primary N) is 2. The average Bonchev–Trinajstić information content (AvgIpc) is 3.29. The molecule has 12 N–H and O–H groups in total. The summed E-state index contributed by atoms with van der Waals surface area (Å²) in [4.78, 5) is 33.6. The number of nitrogen functional groups attached to an aromatic ring is 2. The van der Waals surface area contributed by atoms with Crippen molar-refractivity contribution in [3.05, 3.63) is 107 Å². The van der Waals surface area contributed by atoms with Gasteiger partial charge in [-0.1, -0.05) is 11.1 Å². The summed E-state index contributed by atoms with van der Waals surface area (Å²) in [5, 5.41) is 45.4. The van der Waals surface area contributed by atoms with Gasteiger partial charge in [-0.2, -0.15) is 45.2 Å². The number of nitrogens with one attached hydrogen (secondary N) is 3. The third-order valence-electron chi connectivity index (χ3n) is 8.85. The van der Waals surface area contributed by atoms with Gasteiger partial charge in [0, 0.05) is 17.1 Å². The summed E-state index contributed by atoms with van der Waals surface area (Å²) in [6.45, 7) is 0. The molecule has 0 aliphatic heterocycles. The fraction of sp³-hybridized carbons (Fsp3) is 0. The van der Waals surface area contributed by atoms with Crippen LogP contribution in [-0.4, -0.2) is 85.1 Å². The van der Waals surface area contributed by atoms with Gasteiger partial charge in [0.2, 0.25) is 17.2 Å². The number of anilines is 8. The van der Waals surface area contributed by atoms with Crippen molar-refractivity contribution in [3.63, 3.8) is 0 Å². The van der Waals surface area contributed by atoms with Gasteiger partial charge in [-0.3, -0.25) is 13.7 Å². The molecule has 0 radical (unpaired) electrons. The van der Waals surface area contributed by atoms with Crippen LogP contribution in [-0.2, 0) is 39.7 Å². The number of azo groups is 2. The minimum atomic E-state index is -5.21. The number of halogens is 2. The predicted octanol–water partition coefficient (Wildman–Crippen LogP) is 6.73. The van der Waals surface area contributed by atoms with Gasteiger partial charge >= 0.3 is 23.1 Å². The Morgan fingerprint density at radius 3 is 1.85 bits per heavy atom. The first kappa shape index (κ1) is 52.1. The van der Waals surface area contributed by atoms with E-state index < -0.39 is 79.4 Å². The maximum Gasteiger partial charge on any atom is 0.444 e. The van der Waals surface area contributed by atoms with E-state index in [1.54, 1.807) is 0 Å². The smallest absolute Gasteiger partial charge is 0.444 e. The van der Waals surface area contributed by atoms with Gasteiger partial charge in [0.05, 0.1) is 51.2 Å². The molecule has 0 bridgehead atoms. The van der Waals surface area contributed by atoms with E-state index in [9.17, 15) is 48.8 Å². The normalized spacial score (nSPS) is 12.1. The van der Waals surface area contributed by atoms with Crippen LogP contribution in [0.1, 0.15) is 10.4 Å². The molecular weight excluding hydrogens is 1080 g/mol. The standard InChI is InChI=1S/C36H26Cl2N16O14S4/c37-31-44-33(41-17-4-1-5-20(11-17)70(58,59)60)48-34(45-31)42-19-7-9-25(71(61,62)63)22(13-19)51-52-23-14-26(72(64,65)66)28(40)29(27(23)39)53-50-21-12-18(6-8-24(21)69-68-67-57)43-35-46-32(38)47-36(49-35)54-10-2-3-16(15-54)30(55)56/h1-15H,(H11-,39,40,41,42,43,44,45,46,47,48,49,50,51,55,56,57,58,59,60,61,62,63,64,65,66)/p+1. The van der Waals surface area contributed by atoms with Crippen molar-refractivity contribution in [1.82, 2.24) is 29.9 Å². The second-order valence-corrected chi connectivity index (χ2v) is 19.3. The highest BCUT2D eigenvalue weighted by molar-refractivity contribution is 7.94. The number of carbonyl (C=O) groups is 1. The molecule has 0 aliphatic carbocycles. The van der Waals surface area contributed by atoms with Gasteiger partial charge < -0.3 is 32.5 Å². The Bertz CT molecular complexity index is 3720. The van der Waals surface area contributed by atoms with Crippen LogP contribution in [0.4, 0.5) is 69.0 Å². The largest absolute Gasteiger partial charge is 0.478 e. The lowest BCUT2D eigenvalue weighted by molar-refractivity contribution is -0.603. The molecular formula is C36H27Cl2N16O14S4+. The third-order valence-corrected chi connectivity index (χ3v) is 12.5. The lowest BCUT2D eigenvalue weighted by Crippen LogP contribution is -2.34. The molecule has 3 heterocycles. The summed E-state index contributed by atoms with van der Waals surface area (Å²) in [5.74, 6) is -1.96. The molecule has 0 amide bonds. The summed E-state index contributed by atoms with van der Waals surface area (Å²) in [7, 11) is -14.8. The Balaban J connectivity index is 1.23. The Hall–Kier alpha value is -7.74. The van der Waals surface area contributed by atoms with E-state index in [0.717, 1.165) is 30.3 Å². The van der Waals surface area contributed by atoms with Crippen molar-refractivity contribution in [3.8, 4) is 5.95 Å². The van der Waals surface area contributed by atoms with Crippen LogP contribution in [0, 0.1) is 0 Å². The van der Waals surface area contributed by atoms with Crippen LogP contribution >= 0.6 is 35.2 Å². The summed E-state index contributed by atoms with van der Waals surface area (Å²) < 4.78 is 109. The molecule has 372 valence electrons. The molecule has 7 rings (SSSR count). The average molecular weight is 1110 g/mol. The van der Waals surface area contributed by atoms with Gasteiger partial charge in [-0.15, -0.1) is 24.8 Å². The van der Waals surface area contributed by atoms with E-state index in [0.29, 0.717) is 18.1 Å².